The zero-order valence-electron chi connectivity index (χ0n) is 11.2. The van der Waals surface area contributed by atoms with Gasteiger partial charge < -0.3 is 10.6 Å². The summed E-state index contributed by atoms with van der Waals surface area (Å²) in [5, 5.41) is 0. The molecule has 110 valence electrons. The van der Waals surface area contributed by atoms with Gasteiger partial charge in [-0.2, -0.15) is 13.2 Å². The van der Waals surface area contributed by atoms with E-state index >= 15 is 0 Å². The van der Waals surface area contributed by atoms with Gasteiger partial charge >= 0.3 is 12.1 Å². The first-order chi connectivity index (χ1) is 9.32. The van der Waals surface area contributed by atoms with E-state index in [4.69, 9.17) is 5.73 Å². The Morgan fingerprint density at radius 3 is 2.75 bits per heavy atom. The summed E-state index contributed by atoms with van der Waals surface area (Å²) >= 11 is 0. The molecule has 0 saturated heterocycles. The van der Waals surface area contributed by atoms with Crippen LogP contribution in [0.5, 0.6) is 0 Å². The largest absolute Gasteiger partial charge is 0.471 e. The molecule has 1 heterocycles. The van der Waals surface area contributed by atoms with E-state index in [2.05, 4.69) is 0 Å². The second kappa shape index (κ2) is 5.44. The molecule has 20 heavy (non-hydrogen) atoms. The highest BCUT2D eigenvalue weighted by Crippen LogP contribution is 2.32. The Balaban J connectivity index is 2.20. The van der Waals surface area contributed by atoms with Gasteiger partial charge in [-0.05, 0) is 36.5 Å². The lowest BCUT2D eigenvalue weighted by Crippen LogP contribution is -2.40. The fraction of sp³-hybridized carbons (Fsp3) is 0.500. The number of benzene rings is 1. The van der Waals surface area contributed by atoms with Crippen LogP contribution in [0.3, 0.4) is 0 Å². The summed E-state index contributed by atoms with van der Waals surface area (Å²) in [5.74, 6) is -1.80. The molecule has 0 bridgehead atoms. The lowest BCUT2D eigenvalue weighted by atomic mass is 10.0. The highest BCUT2D eigenvalue weighted by Gasteiger charge is 2.44. The van der Waals surface area contributed by atoms with E-state index in [9.17, 15) is 18.0 Å². The number of anilines is 1. The minimum atomic E-state index is -4.83. The number of rotatable bonds is 3. The van der Waals surface area contributed by atoms with E-state index in [-0.39, 0.29) is 12.6 Å². The van der Waals surface area contributed by atoms with E-state index in [0.29, 0.717) is 18.5 Å². The van der Waals surface area contributed by atoms with Gasteiger partial charge in [0.1, 0.15) is 0 Å². The average molecular weight is 286 g/mol. The van der Waals surface area contributed by atoms with Crippen molar-refractivity contribution in [1.29, 1.82) is 0 Å². The maximum absolute atomic E-state index is 12.5. The van der Waals surface area contributed by atoms with Gasteiger partial charge in [-0.1, -0.05) is 19.1 Å². The quantitative estimate of drug-likeness (QED) is 0.927. The Labute approximate surface area is 115 Å². The Bertz CT molecular complexity index is 514. The first kappa shape index (κ1) is 14.8. The van der Waals surface area contributed by atoms with Crippen LogP contribution in [-0.2, 0) is 17.6 Å². The molecule has 0 fully saturated rings. The van der Waals surface area contributed by atoms with Crippen molar-refractivity contribution < 1.29 is 18.0 Å². The lowest BCUT2D eigenvalue weighted by molar-refractivity contribution is -0.170. The number of carbonyl (C=O) groups excluding carboxylic acids is 1. The van der Waals surface area contributed by atoms with Gasteiger partial charge in [-0.25, -0.2) is 0 Å². The monoisotopic (exact) mass is 286 g/mol. The van der Waals surface area contributed by atoms with Crippen LogP contribution in [0.25, 0.3) is 0 Å². The SMILES string of the molecule is CCC(N)Cc1ccc2c(c1)CCN2C(=O)C(F)(F)F. The molecule has 0 aromatic heterocycles. The second-order valence-electron chi connectivity index (χ2n) is 5.04. The number of alkyl halides is 3. The van der Waals surface area contributed by atoms with Gasteiger partial charge in [-0.3, -0.25) is 4.79 Å². The van der Waals surface area contributed by atoms with Crippen LogP contribution < -0.4 is 10.6 Å². The van der Waals surface area contributed by atoms with Crippen molar-refractivity contribution in [3.8, 4) is 0 Å². The van der Waals surface area contributed by atoms with Gasteiger partial charge in [0.25, 0.3) is 0 Å². The third-order valence-electron chi connectivity index (χ3n) is 3.55. The number of amides is 1. The summed E-state index contributed by atoms with van der Waals surface area (Å²) in [7, 11) is 0. The number of hydrogen-bond acceptors (Lipinski definition) is 2. The van der Waals surface area contributed by atoms with Gasteiger partial charge in [0.15, 0.2) is 0 Å². The molecule has 0 spiro atoms. The van der Waals surface area contributed by atoms with E-state index in [1.165, 1.54) is 0 Å². The van der Waals surface area contributed by atoms with Gasteiger partial charge in [0, 0.05) is 18.3 Å². The van der Waals surface area contributed by atoms with Crippen LogP contribution in [0, 0.1) is 0 Å². The molecule has 0 radical (unpaired) electrons. The zero-order chi connectivity index (χ0) is 14.9. The van der Waals surface area contributed by atoms with Crippen LogP contribution in [0.1, 0.15) is 24.5 Å². The highest BCUT2D eigenvalue weighted by atomic mass is 19.4. The molecule has 1 aromatic rings. The van der Waals surface area contributed by atoms with Crippen molar-refractivity contribution in [3.63, 3.8) is 0 Å². The third-order valence-corrected chi connectivity index (χ3v) is 3.55. The van der Waals surface area contributed by atoms with Crippen LogP contribution in [-0.4, -0.2) is 24.7 Å². The molecular formula is C14H17F3N2O. The van der Waals surface area contributed by atoms with E-state index in [1.54, 1.807) is 12.1 Å². The van der Waals surface area contributed by atoms with Crippen LogP contribution in [0.2, 0.25) is 0 Å². The number of fused-ring (bicyclic) bond motifs is 1. The predicted octanol–water partition coefficient (Wildman–Crippen LogP) is 2.42. The summed E-state index contributed by atoms with van der Waals surface area (Å²) < 4.78 is 37.5. The maximum Gasteiger partial charge on any atom is 0.471 e. The Morgan fingerprint density at radius 2 is 2.15 bits per heavy atom. The topological polar surface area (TPSA) is 46.3 Å². The first-order valence-electron chi connectivity index (χ1n) is 6.59. The summed E-state index contributed by atoms with van der Waals surface area (Å²) in [4.78, 5) is 12.1. The maximum atomic E-state index is 12.5. The van der Waals surface area contributed by atoms with Crippen LogP contribution in [0.4, 0.5) is 18.9 Å². The minimum Gasteiger partial charge on any atom is -0.327 e. The smallest absolute Gasteiger partial charge is 0.327 e. The normalized spacial score (nSPS) is 16.1. The molecule has 0 saturated carbocycles. The van der Waals surface area contributed by atoms with Crippen molar-refractivity contribution in [3.05, 3.63) is 29.3 Å². The zero-order valence-corrected chi connectivity index (χ0v) is 11.2. The number of halogens is 3. The number of hydrogen-bond donors (Lipinski definition) is 1. The lowest BCUT2D eigenvalue weighted by Gasteiger charge is -2.19. The molecule has 1 aromatic carbocycles. The van der Waals surface area contributed by atoms with Gasteiger partial charge in [0.05, 0.1) is 0 Å². The van der Waals surface area contributed by atoms with Crippen molar-refractivity contribution in [1.82, 2.24) is 0 Å². The van der Waals surface area contributed by atoms with Crippen LogP contribution >= 0.6 is 0 Å². The summed E-state index contributed by atoms with van der Waals surface area (Å²) in [6.45, 7) is 2.07. The molecular weight excluding hydrogens is 269 g/mol. The molecule has 2 N–H and O–H groups in total. The number of nitrogens with two attached hydrogens (primary N) is 1. The molecule has 1 aliphatic rings. The Hall–Kier alpha value is -1.56. The number of carbonyl (C=O) groups is 1. The van der Waals surface area contributed by atoms with Crippen molar-refractivity contribution in [2.45, 2.75) is 38.4 Å². The molecule has 1 amide bonds. The summed E-state index contributed by atoms with van der Waals surface area (Å²) in [6.07, 6.45) is -2.84. The minimum absolute atomic E-state index is 0.0439. The van der Waals surface area contributed by atoms with Crippen molar-refractivity contribution >= 4 is 11.6 Å². The fourth-order valence-electron chi connectivity index (χ4n) is 2.39. The molecule has 1 aliphatic heterocycles. The molecule has 1 atom stereocenters. The van der Waals surface area contributed by atoms with Crippen molar-refractivity contribution in [2.75, 3.05) is 11.4 Å². The van der Waals surface area contributed by atoms with Gasteiger partial charge in [0.2, 0.25) is 0 Å². The molecule has 1 unspecified atom stereocenters. The van der Waals surface area contributed by atoms with Crippen LogP contribution in [0.15, 0.2) is 18.2 Å². The predicted molar refractivity (Wildman–Crippen MR) is 70.5 cm³/mol. The highest BCUT2D eigenvalue weighted by molar-refractivity contribution is 5.99. The molecule has 6 heteroatoms. The second-order valence-corrected chi connectivity index (χ2v) is 5.04. The number of nitrogens with zero attached hydrogens (tertiary/aromatic N) is 1. The van der Waals surface area contributed by atoms with Gasteiger partial charge in [-0.15, -0.1) is 0 Å². The fourth-order valence-corrected chi connectivity index (χ4v) is 2.39. The third kappa shape index (κ3) is 2.95. The molecule has 3 nitrogen and oxygen atoms in total. The first-order valence-corrected chi connectivity index (χ1v) is 6.59. The Kier molecular flexibility index (Phi) is 4.04. The van der Waals surface area contributed by atoms with E-state index in [1.807, 2.05) is 13.0 Å². The standard InChI is InChI=1S/C14H17F3N2O/c1-2-11(18)8-9-3-4-12-10(7-9)5-6-19(12)13(20)14(15,16)17/h3-4,7,11H,2,5-6,8,18H2,1H3. The molecule has 2 rings (SSSR count). The van der Waals surface area contributed by atoms with E-state index < -0.39 is 12.1 Å². The average Bonchev–Trinajstić information content (AvgIpc) is 2.79. The van der Waals surface area contributed by atoms with E-state index in [0.717, 1.165) is 22.4 Å². The summed E-state index contributed by atoms with van der Waals surface area (Å²) in [6, 6.07) is 5.23. The Morgan fingerprint density at radius 1 is 1.45 bits per heavy atom. The summed E-state index contributed by atoms with van der Waals surface area (Å²) in [5.41, 5.74) is 8.01. The molecule has 0 aliphatic carbocycles. The van der Waals surface area contributed by atoms with Crippen molar-refractivity contribution in [2.24, 2.45) is 5.73 Å².